The standard InChI is InChI=1S/C24H32FN9O4/c1-3-37-21-12-28-20(11-29-21)31-23(35)33(2)17-13-34(7-5-16(17)25)22-26-6-4-19(30-22)32-24(36)38-18-9-15-8-14(18)10-27-15/h4,6,11-12,14-18,27H,3,5,7-10,13H2,1-2H3,(H,28,31,35)(H,26,30,32,36)/t14-,15-,16-,17+,18+/m1/s1. The van der Waals surface area contributed by atoms with E-state index in [1.54, 1.807) is 11.0 Å². The molecule has 0 aromatic carbocycles. The van der Waals surface area contributed by atoms with Crippen molar-refractivity contribution < 1.29 is 23.5 Å². The van der Waals surface area contributed by atoms with E-state index in [0.717, 1.165) is 19.4 Å². The van der Waals surface area contributed by atoms with Crippen LogP contribution in [0, 0.1) is 5.92 Å². The number of fused-ring (bicyclic) bond motifs is 2. The number of rotatable bonds is 7. The predicted octanol–water partition coefficient (Wildman–Crippen LogP) is 2.04. The van der Waals surface area contributed by atoms with Gasteiger partial charge in [0.05, 0.1) is 25.0 Å². The molecule has 38 heavy (non-hydrogen) atoms. The first-order valence-electron chi connectivity index (χ1n) is 12.8. The van der Waals surface area contributed by atoms with Gasteiger partial charge in [-0.2, -0.15) is 4.98 Å². The summed E-state index contributed by atoms with van der Waals surface area (Å²) in [6, 6.07) is 0.719. The van der Waals surface area contributed by atoms with Gasteiger partial charge in [0.25, 0.3) is 0 Å². The minimum Gasteiger partial charge on any atom is -0.477 e. The number of alkyl halides is 1. The number of urea groups is 1. The Bertz CT molecular complexity index is 1140. The number of likely N-dealkylation sites (N-methyl/N-ethyl adjacent to an activating group) is 1. The van der Waals surface area contributed by atoms with Gasteiger partial charge in [0.2, 0.25) is 11.8 Å². The molecule has 3 amide bonds. The first-order chi connectivity index (χ1) is 18.4. The Morgan fingerprint density at radius 3 is 2.79 bits per heavy atom. The van der Waals surface area contributed by atoms with E-state index >= 15 is 0 Å². The van der Waals surface area contributed by atoms with Gasteiger partial charge in [-0.25, -0.2) is 28.9 Å². The summed E-state index contributed by atoms with van der Waals surface area (Å²) >= 11 is 0. The molecule has 5 rings (SSSR count). The second-order valence-corrected chi connectivity index (χ2v) is 9.68. The summed E-state index contributed by atoms with van der Waals surface area (Å²) < 4.78 is 25.8. The van der Waals surface area contributed by atoms with E-state index in [9.17, 15) is 14.0 Å². The largest absolute Gasteiger partial charge is 0.477 e. The Balaban J connectivity index is 1.18. The maximum atomic E-state index is 14.9. The Hall–Kier alpha value is -3.81. The van der Waals surface area contributed by atoms with Crippen molar-refractivity contribution >= 4 is 29.7 Å². The van der Waals surface area contributed by atoms with Gasteiger partial charge in [-0.15, -0.1) is 0 Å². The van der Waals surface area contributed by atoms with Crippen molar-refractivity contribution in [1.29, 1.82) is 0 Å². The third-order valence-corrected chi connectivity index (χ3v) is 7.19. The second kappa shape index (κ2) is 11.3. The number of carbonyl (C=O) groups is 2. The smallest absolute Gasteiger partial charge is 0.413 e. The van der Waals surface area contributed by atoms with Crippen molar-refractivity contribution in [2.45, 2.75) is 50.5 Å². The van der Waals surface area contributed by atoms with Crippen LogP contribution in [0.4, 0.5) is 31.6 Å². The van der Waals surface area contributed by atoms with Gasteiger partial charge < -0.3 is 24.6 Å². The fourth-order valence-corrected chi connectivity index (χ4v) is 5.17. The molecule has 13 nitrogen and oxygen atoms in total. The lowest BCUT2D eigenvalue weighted by molar-refractivity contribution is 0.0800. The van der Waals surface area contributed by atoms with E-state index in [0.29, 0.717) is 42.8 Å². The monoisotopic (exact) mass is 529 g/mol. The summed E-state index contributed by atoms with van der Waals surface area (Å²) in [4.78, 5) is 45.3. The summed E-state index contributed by atoms with van der Waals surface area (Å²) in [5.41, 5.74) is 0. The topological polar surface area (TPSA) is 147 Å². The minimum absolute atomic E-state index is 0.0952. The fourth-order valence-electron chi connectivity index (χ4n) is 5.17. The first-order valence-corrected chi connectivity index (χ1v) is 12.8. The van der Waals surface area contributed by atoms with Crippen molar-refractivity contribution in [3.05, 3.63) is 24.7 Å². The Kier molecular flexibility index (Phi) is 7.67. The van der Waals surface area contributed by atoms with Crippen molar-refractivity contribution in [2.24, 2.45) is 5.92 Å². The minimum atomic E-state index is -1.24. The molecule has 3 N–H and O–H groups in total. The number of ether oxygens (including phenoxy) is 2. The highest BCUT2D eigenvalue weighted by atomic mass is 19.1. The number of aromatic nitrogens is 4. The third kappa shape index (κ3) is 5.85. The van der Waals surface area contributed by atoms with Crippen LogP contribution in [0.15, 0.2) is 24.7 Å². The average Bonchev–Trinajstić information content (AvgIpc) is 3.53. The lowest BCUT2D eigenvalue weighted by Gasteiger charge is -2.39. The lowest BCUT2D eigenvalue weighted by atomic mass is 10.0. The molecular weight excluding hydrogens is 497 g/mol. The Morgan fingerprint density at radius 2 is 2.08 bits per heavy atom. The molecule has 0 unspecified atom stereocenters. The molecule has 0 radical (unpaired) electrons. The number of amides is 3. The quantitative estimate of drug-likeness (QED) is 0.487. The van der Waals surface area contributed by atoms with E-state index in [1.807, 2.05) is 6.92 Å². The Morgan fingerprint density at radius 1 is 1.21 bits per heavy atom. The zero-order chi connectivity index (χ0) is 26.6. The van der Waals surface area contributed by atoms with Crippen molar-refractivity contribution in [1.82, 2.24) is 30.2 Å². The molecule has 2 aromatic rings. The zero-order valence-corrected chi connectivity index (χ0v) is 21.3. The summed E-state index contributed by atoms with van der Waals surface area (Å²) in [6.07, 6.45) is 4.46. The second-order valence-electron chi connectivity index (χ2n) is 9.68. The average molecular weight is 530 g/mol. The number of piperidine rings is 2. The van der Waals surface area contributed by atoms with Crippen LogP contribution in [-0.2, 0) is 4.74 Å². The molecule has 2 aromatic heterocycles. The van der Waals surface area contributed by atoms with E-state index in [2.05, 4.69) is 35.9 Å². The molecule has 4 heterocycles. The van der Waals surface area contributed by atoms with Crippen molar-refractivity contribution in [3.8, 4) is 5.88 Å². The summed E-state index contributed by atoms with van der Waals surface area (Å²) in [5, 5.41) is 8.70. The van der Waals surface area contributed by atoms with Gasteiger partial charge in [-0.1, -0.05) is 0 Å². The molecular formula is C24H32FN9O4. The summed E-state index contributed by atoms with van der Waals surface area (Å²) in [6.45, 7) is 3.68. The van der Waals surface area contributed by atoms with E-state index in [-0.39, 0.29) is 24.9 Å². The van der Waals surface area contributed by atoms with E-state index in [4.69, 9.17) is 9.47 Å². The van der Waals surface area contributed by atoms with Gasteiger partial charge in [-0.05, 0) is 25.8 Å². The maximum absolute atomic E-state index is 14.9. The molecule has 14 heteroatoms. The highest BCUT2D eigenvalue weighted by Gasteiger charge is 2.41. The van der Waals surface area contributed by atoms with Crippen LogP contribution in [0.25, 0.3) is 0 Å². The first kappa shape index (κ1) is 25.8. The number of anilines is 3. The molecule has 2 saturated heterocycles. The van der Waals surface area contributed by atoms with Crippen LogP contribution >= 0.6 is 0 Å². The molecule has 3 aliphatic rings. The molecule has 2 aliphatic heterocycles. The van der Waals surface area contributed by atoms with Crippen LogP contribution in [-0.4, -0.2) is 94.6 Å². The molecule has 2 bridgehead atoms. The van der Waals surface area contributed by atoms with Gasteiger partial charge in [-0.3, -0.25) is 10.6 Å². The number of hydrogen-bond donors (Lipinski definition) is 3. The normalized spacial score (nSPS) is 26.1. The molecule has 5 atom stereocenters. The SMILES string of the molecule is CCOc1cnc(NC(=O)N(C)[C@H]2CN(c3nccc(NC(=O)O[C@H]4C[C@H]5C[C@@H]4CN5)n3)CC[C@H]2F)cn1. The molecule has 3 fully saturated rings. The summed E-state index contributed by atoms with van der Waals surface area (Å²) in [7, 11) is 1.53. The highest BCUT2D eigenvalue weighted by molar-refractivity contribution is 5.88. The number of nitrogens with one attached hydrogen (secondary N) is 3. The van der Waals surface area contributed by atoms with Crippen LogP contribution in [0.3, 0.4) is 0 Å². The van der Waals surface area contributed by atoms with Crippen molar-refractivity contribution in [3.63, 3.8) is 0 Å². The number of carbonyl (C=O) groups excluding carboxylic acids is 2. The van der Waals surface area contributed by atoms with Crippen LogP contribution < -0.4 is 25.6 Å². The van der Waals surface area contributed by atoms with Crippen LogP contribution in [0.2, 0.25) is 0 Å². The Labute approximate surface area is 219 Å². The zero-order valence-electron chi connectivity index (χ0n) is 21.3. The number of halogens is 1. The van der Waals surface area contributed by atoms with E-state index in [1.165, 1.54) is 30.5 Å². The third-order valence-electron chi connectivity index (χ3n) is 7.19. The highest BCUT2D eigenvalue weighted by Crippen LogP contribution is 2.33. The lowest BCUT2D eigenvalue weighted by Crippen LogP contribution is -2.55. The number of nitrogens with zero attached hydrogens (tertiary/aromatic N) is 6. The molecule has 1 aliphatic carbocycles. The summed E-state index contributed by atoms with van der Waals surface area (Å²) in [5.74, 6) is 1.54. The molecule has 1 saturated carbocycles. The number of hydrogen-bond acceptors (Lipinski definition) is 10. The van der Waals surface area contributed by atoms with Crippen LogP contribution in [0.1, 0.15) is 26.2 Å². The maximum Gasteiger partial charge on any atom is 0.413 e. The van der Waals surface area contributed by atoms with Gasteiger partial charge in [0, 0.05) is 51.3 Å². The molecule has 0 spiro atoms. The van der Waals surface area contributed by atoms with Gasteiger partial charge >= 0.3 is 12.1 Å². The van der Waals surface area contributed by atoms with Crippen molar-refractivity contribution in [2.75, 3.05) is 48.8 Å². The van der Waals surface area contributed by atoms with E-state index < -0.39 is 24.3 Å². The molecule has 204 valence electrons. The van der Waals surface area contributed by atoms with Gasteiger partial charge in [0.15, 0.2) is 5.82 Å². The van der Waals surface area contributed by atoms with Crippen LogP contribution in [0.5, 0.6) is 5.88 Å². The predicted molar refractivity (Wildman–Crippen MR) is 136 cm³/mol. The van der Waals surface area contributed by atoms with Gasteiger partial charge in [0.1, 0.15) is 18.1 Å². The fraction of sp³-hybridized carbons (Fsp3) is 0.583.